The van der Waals surface area contributed by atoms with Crippen molar-refractivity contribution in [2.24, 2.45) is 5.92 Å². The highest BCUT2D eigenvalue weighted by molar-refractivity contribution is 6.05. The average Bonchev–Trinajstić information content (AvgIpc) is 2.85. The lowest BCUT2D eigenvalue weighted by Crippen LogP contribution is -2.42. The molecular weight excluding hydrogens is 374 g/mol. The third-order valence-electron chi connectivity index (χ3n) is 5.37. The number of carbonyl (C=O) groups excluding carboxylic acids is 4. The minimum absolute atomic E-state index is 0.0438. The summed E-state index contributed by atoms with van der Waals surface area (Å²) >= 11 is 0. The lowest BCUT2D eigenvalue weighted by atomic mass is 9.89. The Hall–Kier alpha value is -2.90. The molecule has 0 unspecified atom stereocenters. The molecule has 0 radical (unpaired) electrons. The van der Waals surface area contributed by atoms with Crippen molar-refractivity contribution >= 4 is 35.1 Å². The molecule has 3 amide bonds. The predicted molar refractivity (Wildman–Crippen MR) is 107 cm³/mol. The van der Waals surface area contributed by atoms with Crippen LogP contribution in [0.2, 0.25) is 0 Å². The molecule has 2 aliphatic rings. The van der Waals surface area contributed by atoms with Crippen LogP contribution in [0.4, 0.5) is 11.4 Å². The summed E-state index contributed by atoms with van der Waals surface area (Å²) in [5.41, 5.74) is 1.11. The monoisotopic (exact) mass is 401 g/mol. The second-order valence-electron chi connectivity index (χ2n) is 7.60. The number of nitrogens with zero attached hydrogens (tertiary/aromatic N) is 1. The first-order chi connectivity index (χ1) is 14.0. The van der Waals surface area contributed by atoms with E-state index in [0.717, 1.165) is 32.1 Å². The number of carbonyl (C=O) groups is 4. The smallest absolute Gasteiger partial charge is 0.325 e. The van der Waals surface area contributed by atoms with Crippen molar-refractivity contribution in [3.63, 3.8) is 0 Å². The zero-order chi connectivity index (χ0) is 20.8. The van der Waals surface area contributed by atoms with Crippen LogP contribution in [-0.2, 0) is 23.9 Å². The lowest BCUT2D eigenvalue weighted by Gasteiger charge is -2.27. The fraction of sp³-hybridized carbons (Fsp3) is 0.524. The Bertz CT molecular complexity index is 788. The SMILES string of the molecule is C[C@@H]1CC(=O)Nc2ccccc2N1C(=O)COC(=O)CNC(=O)C1CCCCC1. The Balaban J connectivity index is 1.53. The molecule has 1 fully saturated rings. The van der Waals surface area contributed by atoms with Gasteiger partial charge in [0, 0.05) is 18.4 Å². The highest BCUT2D eigenvalue weighted by atomic mass is 16.5. The van der Waals surface area contributed by atoms with Crippen LogP contribution < -0.4 is 15.5 Å². The van der Waals surface area contributed by atoms with Crippen LogP contribution in [0.5, 0.6) is 0 Å². The Morgan fingerprint density at radius 1 is 1.17 bits per heavy atom. The number of nitrogens with one attached hydrogen (secondary N) is 2. The van der Waals surface area contributed by atoms with Crippen molar-refractivity contribution in [1.82, 2.24) is 5.32 Å². The molecule has 1 aliphatic carbocycles. The summed E-state index contributed by atoms with van der Waals surface area (Å²) < 4.78 is 5.08. The third kappa shape index (κ3) is 5.34. The molecule has 0 aromatic heterocycles. The maximum absolute atomic E-state index is 12.7. The van der Waals surface area contributed by atoms with E-state index in [-0.39, 0.29) is 36.7 Å². The minimum Gasteiger partial charge on any atom is -0.454 e. The maximum atomic E-state index is 12.7. The number of benzene rings is 1. The summed E-state index contributed by atoms with van der Waals surface area (Å²) in [5, 5.41) is 5.38. The molecule has 29 heavy (non-hydrogen) atoms. The van der Waals surface area contributed by atoms with Gasteiger partial charge in [0.1, 0.15) is 6.54 Å². The molecule has 0 saturated heterocycles. The standard InChI is InChI=1S/C21H27N3O5/c1-14-11-18(25)23-16-9-5-6-10-17(16)24(14)19(26)13-29-20(27)12-22-21(28)15-7-3-2-4-8-15/h5-6,9-10,14-15H,2-4,7-8,11-13H2,1H3,(H,22,28)(H,23,25)/t14-/m1/s1. The molecule has 1 heterocycles. The number of fused-ring (bicyclic) bond motifs is 1. The molecule has 1 atom stereocenters. The third-order valence-corrected chi connectivity index (χ3v) is 5.37. The van der Waals surface area contributed by atoms with E-state index in [0.29, 0.717) is 11.4 Å². The van der Waals surface area contributed by atoms with Gasteiger partial charge in [-0.1, -0.05) is 31.4 Å². The van der Waals surface area contributed by atoms with Gasteiger partial charge in [-0.3, -0.25) is 19.2 Å². The number of amides is 3. The van der Waals surface area contributed by atoms with Crippen molar-refractivity contribution < 1.29 is 23.9 Å². The highest BCUT2D eigenvalue weighted by Crippen LogP contribution is 2.31. The van der Waals surface area contributed by atoms with Crippen LogP contribution in [0.3, 0.4) is 0 Å². The van der Waals surface area contributed by atoms with Crippen molar-refractivity contribution in [3.05, 3.63) is 24.3 Å². The van der Waals surface area contributed by atoms with Gasteiger partial charge in [0.15, 0.2) is 6.61 Å². The van der Waals surface area contributed by atoms with Crippen LogP contribution in [0.15, 0.2) is 24.3 Å². The fourth-order valence-corrected chi connectivity index (χ4v) is 3.90. The van der Waals surface area contributed by atoms with Gasteiger partial charge >= 0.3 is 5.97 Å². The van der Waals surface area contributed by atoms with Gasteiger partial charge in [0.25, 0.3) is 5.91 Å². The number of rotatable bonds is 5. The first-order valence-electron chi connectivity index (χ1n) is 10.1. The van der Waals surface area contributed by atoms with E-state index in [1.165, 1.54) is 4.90 Å². The Kier molecular flexibility index (Phi) is 6.85. The number of anilines is 2. The first-order valence-corrected chi connectivity index (χ1v) is 10.1. The zero-order valence-electron chi connectivity index (χ0n) is 16.6. The normalized spacial score (nSPS) is 19.6. The molecular formula is C21H27N3O5. The molecule has 1 aromatic rings. The first kappa shape index (κ1) is 20.8. The van der Waals surface area contributed by atoms with Gasteiger partial charge in [-0.05, 0) is 31.9 Å². The summed E-state index contributed by atoms with van der Waals surface area (Å²) in [6.07, 6.45) is 5.05. The van der Waals surface area contributed by atoms with Crippen molar-refractivity contribution in [2.75, 3.05) is 23.4 Å². The molecule has 156 valence electrons. The molecule has 8 nitrogen and oxygen atoms in total. The van der Waals surface area contributed by atoms with Crippen LogP contribution >= 0.6 is 0 Å². The summed E-state index contributed by atoms with van der Waals surface area (Å²) in [4.78, 5) is 50.3. The Morgan fingerprint density at radius 3 is 2.66 bits per heavy atom. The lowest BCUT2D eigenvalue weighted by molar-refractivity contribution is -0.148. The van der Waals surface area contributed by atoms with Gasteiger partial charge in [0.05, 0.1) is 11.4 Å². The van der Waals surface area contributed by atoms with Crippen LogP contribution in [-0.4, -0.2) is 42.9 Å². The average molecular weight is 401 g/mol. The Labute approximate surface area is 170 Å². The van der Waals surface area contributed by atoms with Gasteiger partial charge < -0.3 is 20.3 Å². The number of esters is 1. The van der Waals surface area contributed by atoms with Crippen molar-refractivity contribution in [1.29, 1.82) is 0 Å². The van der Waals surface area contributed by atoms with E-state index < -0.39 is 18.5 Å². The number of hydrogen-bond acceptors (Lipinski definition) is 5. The molecule has 0 bridgehead atoms. The van der Waals surface area contributed by atoms with Gasteiger partial charge in [0.2, 0.25) is 11.8 Å². The number of ether oxygens (including phenoxy) is 1. The molecule has 2 N–H and O–H groups in total. The molecule has 0 spiro atoms. The van der Waals surface area contributed by atoms with E-state index in [9.17, 15) is 19.2 Å². The molecule has 1 aromatic carbocycles. The Morgan fingerprint density at radius 2 is 1.90 bits per heavy atom. The fourth-order valence-electron chi connectivity index (χ4n) is 3.90. The second-order valence-corrected chi connectivity index (χ2v) is 7.60. The van der Waals surface area contributed by atoms with Gasteiger partial charge in [-0.15, -0.1) is 0 Å². The van der Waals surface area contributed by atoms with Crippen molar-refractivity contribution in [2.45, 2.75) is 51.5 Å². The number of para-hydroxylation sites is 2. The van der Waals surface area contributed by atoms with Gasteiger partial charge in [-0.25, -0.2) is 0 Å². The van der Waals surface area contributed by atoms with Crippen LogP contribution in [0.25, 0.3) is 0 Å². The van der Waals surface area contributed by atoms with Gasteiger partial charge in [-0.2, -0.15) is 0 Å². The van der Waals surface area contributed by atoms with E-state index in [1.807, 2.05) is 0 Å². The zero-order valence-corrected chi connectivity index (χ0v) is 16.6. The molecule has 3 rings (SSSR count). The topological polar surface area (TPSA) is 105 Å². The number of hydrogen-bond donors (Lipinski definition) is 2. The van der Waals surface area contributed by atoms with E-state index >= 15 is 0 Å². The van der Waals surface area contributed by atoms with E-state index in [2.05, 4.69) is 10.6 Å². The van der Waals surface area contributed by atoms with Crippen molar-refractivity contribution in [3.8, 4) is 0 Å². The summed E-state index contributed by atoms with van der Waals surface area (Å²) in [6, 6.07) is 6.62. The van der Waals surface area contributed by atoms with E-state index in [1.54, 1.807) is 31.2 Å². The minimum atomic E-state index is -0.660. The van der Waals surface area contributed by atoms with E-state index in [4.69, 9.17) is 4.74 Å². The molecule has 8 heteroatoms. The predicted octanol–water partition coefficient (Wildman–Crippen LogP) is 1.99. The second kappa shape index (κ2) is 9.54. The highest BCUT2D eigenvalue weighted by Gasteiger charge is 2.30. The maximum Gasteiger partial charge on any atom is 0.325 e. The summed E-state index contributed by atoms with van der Waals surface area (Å²) in [5.74, 6) is -1.44. The molecule has 1 saturated carbocycles. The summed E-state index contributed by atoms with van der Waals surface area (Å²) in [6.45, 7) is 1.06. The van der Waals surface area contributed by atoms with Crippen LogP contribution in [0.1, 0.15) is 45.4 Å². The van der Waals surface area contributed by atoms with Crippen LogP contribution in [0, 0.1) is 5.92 Å². The molecule has 1 aliphatic heterocycles. The summed E-state index contributed by atoms with van der Waals surface area (Å²) in [7, 11) is 0. The quantitative estimate of drug-likeness (QED) is 0.734. The largest absolute Gasteiger partial charge is 0.454 e.